The van der Waals surface area contributed by atoms with Gasteiger partial charge in [0.05, 0.1) is 0 Å². The van der Waals surface area contributed by atoms with Crippen molar-refractivity contribution in [3.05, 3.63) is 29.8 Å². The van der Waals surface area contributed by atoms with Gasteiger partial charge in [0.15, 0.2) is 6.79 Å². The molecular formula is C11H17NO2. The predicted molar refractivity (Wildman–Crippen MR) is 56.4 cm³/mol. The lowest BCUT2D eigenvalue weighted by Gasteiger charge is -2.10. The van der Waals surface area contributed by atoms with Crippen molar-refractivity contribution >= 4 is 0 Å². The molecule has 3 nitrogen and oxygen atoms in total. The molecule has 1 aromatic carbocycles. The molecule has 0 radical (unpaired) electrons. The van der Waals surface area contributed by atoms with Gasteiger partial charge in [-0.3, -0.25) is 0 Å². The Bertz CT molecular complexity index is 276. The first-order valence-corrected chi connectivity index (χ1v) is 4.76. The van der Waals surface area contributed by atoms with E-state index in [4.69, 9.17) is 9.84 Å². The Balaban J connectivity index is 2.63. The van der Waals surface area contributed by atoms with E-state index in [2.05, 4.69) is 18.3 Å². The molecule has 0 aliphatic carbocycles. The van der Waals surface area contributed by atoms with Crippen LogP contribution in [0.25, 0.3) is 0 Å². The minimum Gasteiger partial charge on any atom is -0.468 e. The summed E-state index contributed by atoms with van der Waals surface area (Å²) in [5.74, 6) is 0.716. The lowest BCUT2D eigenvalue weighted by atomic mass is 10.1. The summed E-state index contributed by atoms with van der Waals surface area (Å²) in [4.78, 5) is 0. The fourth-order valence-corrected chi connectivity index (χ4v) is 1.29. The minimum atomic E-state index is -0.273. The van der Waals surface area contributed by atoms with Gasteiger partial charge in [-0.25, -0.2) is 0 Å². The third-order valence-electron chi connectivity index (χ3n) is 2.16. The Labute approximate surface area is 84.7 Å². The molecule has 1 aromatic rings. The number of hydrogen-bond donors (Lipinski definition) is 2. The number of rotatable bonds is 5. The van der Waals surface area contributed by atoms with Crippen molar-refractivity contribution in [2.24, 2.45) is 0 Å². The molecule has 0 amide bonds. The van der Waals surface area contributed by atoms with Crippen LogP contribution < -0.4 is 10.1 Å². The van der Waals surface area contributed by atoms with Crippen LogP contribution in [0.1, 0.15) is 12.5 Å². The molecule has 3 heteroatoms. The molecule has 0 aliphatic rings. The largest absolute Gasteiger partial charge is 0.468 e. The molecule has 1 rings (SSSR count). The molecule has 2 N–H and O–H groups in total. The van der Waals surface area contributed by atoms with E-state index in [9.17, 15) is 0 Å². The van der Waals surface area contributed by atoms with E-state index in [1.165, 1.54) is 5.56 Å². The molecule has 0 fully saturated rings. The standard InChI is InChI=1S/C11H17NO2/c1-9(12-2)6-10-4-3-5-11(7-10)14-8-13/h3-5,7,9,12-13H,6,8H2,1-2H3. The predicted octanol–water partition coefficient (Wildman–Crippen LogP) is 1.17. The average Bonchev–Trinajstić information content (AvgIpc) is 2.19. The summed E-state index contributed by atoms with van der Waals surface area (Å²) in [6.07, 6.45) is 0.957. The first-order chi connectivity index (χ1) is 6.76. The highest BCUT2D eigenvalue weighted by Crippen LogP contribution is 2.14. The number of hydrogen-bond acceptors (Lipinski definition) is 3. The van der Waals surface area contributed by atoms with Crippen LogP contribution in [0, 0.1) is 0 Å². The van der Waals surface area contributed by atoms with Gasteiger partial charge in [0.2, 0.25) is 0 Å². The molecule has 78 valence electrons. The second-order valence-corrected chi connectivity index (χ2v) is 3.31. The van der Waals surface area contributed by atoms with Gasteiger partial charge >= 0.3 is 0 Å². The summed E-state index contributed by atoms with van der Waals surface area (Å²) >= 11 is 0. The van der Waals surface area contributed by atoms with Gasteiger partial charge in [-0.1, -0.05) is 12.1 Å². The maximum atomic E-state index is 8.60. The Morgan fingerprint density at radius 2 is 2.29 bits per heavy atom. The number of nitrogens with one attached hydrogen (secondary N) is 1. The summed E-state index contributed by atoms with van der Waals surface area (Å²) in [6, 6.07) is 8.22. The van der Waals surface area contributed by atoms with Crippen LogP contribution in [0.5, 0.6) is 5.75 Å². The van der Waals surface area contributed by atoms with Crippen molar-refractivity contribution in [2.45, 2.75) is 19.4 Å². The molecule has 0 bridgehead atoms. The second kappa shape index (κ2) is 5.62. The number of aliphatic hydroxyl groups excluding tert-OH is 1. The number of ether oxygens (including phenoxy) is 1. The molecule has 0 heterocycles. The third kappa shape index (κ3) is 3.36. The SMILES string of the molecule is CNC(C)Cc1cccc(OCO)c1. The minimum absolute atomic E-state index is 0.273. The Morgan fingerprint density at radius 1 is 1.50 bits per heavy atom. The summed E-state index contributed by atoms with van der Waals surface area (Å²) < 4.78 is 5.00. The molecule has 1 atom stereocenters. The van der Waals surface area contributed by atoms with E-state index in [1.54, 1.807) is 0 Å². The first-order valence-electron chi connectivity index (χ1n) is 4.76. The molecule has 1 unspecified atom stereocenters. The average molecular weight is 195 g/mol. The van der Waals surface area contributed by atoms with Gasteiger partial charge in [-0.2, -0.15) is 0 Å². The van der Waals surface area contributed by atoms with Gasteiger partial charge < -0.3 is 15.2 Å². The lowest BCUT2D eigenvalue weighted by molar-refractivity contribution is 0.0985. The van der Waals surface area contributed by atoms with Crippen molar-refractivity contribution < 1.29 is 9.84 Å². The lowest BCUT2D eigenvalue weighted by Crippen LogP contribution is -2.23. The van der Waals surface area contributed by atoms with Crippen molar-refractivity contribution in [1.29, 1.82) is 0 Å². The second-order valence-electron chi connectivity index (χ2n) is 3.31. The normalized spacial score (nSPS) is 12.5. The molecule has 0 aliphatic heterocycles. The smallest absolute Gasteiger partial charge is 0.186 e. The highest BCUT2D eigenvalue weighted by atomic mass is 16.6. The van der Waals surface area contributed by atoms with Gasteiger partial charge in [0.25, 0.3) is 0 Å². The fourth-order valence-electron chi connectivity index (χ4n) is 1.29. The van der Waals surface area contributed by atoms with Crippen LogP contribution in [0.3, 0.4) is 0 Å². The van der Waals surface area contributed by atoms with Crippen LogP contribution in [-0.4, -0.2) is 25.0 Å². The monoisotopic (exact) mass is 195 g/mol. The number of likely N-dealkylation sites (N-methyl/N-ethyl adjacent to an activating group) is 1. The van der Waals surface area contributed by atoms with Crippen molar-refractivity contribution in [2.75, 3.05) is 13.8 Å². The first kappa shape index (κ1) is 11.0. The molecule has 0 saturated heterocycles. The van der Waals surface area contributed by atoms with E-state index in [0.29, 0.717) is 11.8 Å². The maximum absolute atomic E-state index is 8.60. The van der Waals surface area contributed by atoms with E-state index in [0.717, 1.165) is 6.42 Å². The maximum Gasteiger partial charge on any atom is 0.186 e. The molecular weight excluding hydrogens is 178 g/mol. The molecule has 0 aromatic heterocycles. The van der Waals surface area contributed by atoms with Crippen LogP contribution >= 0.6 is 0 Å². The van der Waals surface area contributed by atoms with Crippen molar-refractivity contribution in [1.82, 2.24) is 5.32 Å². The van der Waals surface area contributed by atoms with Crippen LogP contribution in [0.2, 0.25) is 0 Å². The Kier molecular flexibility index (Phi) is 4.43. The van der Waals surface area contributed by atoms with Gasteiger partial charge in [-0.15, -0.1) is 0 Å². The highest BCUT2D eigenvalue weighted by Gasteiger charge is 2.01. The van der Waals surface area contributed by atoms with Crippen LogP contribution in [-0.2, 0) is 6.42 Å². The molecule has 0 spiro atoms. The van der Waals surface area contributed by atoms with Crippen molar-refractivity contribution in [3.63, 3.8) is 0 Å². The fraction of sp³-hybridized carbons (Fsp3) is 0.455. The quantitative estimate of drug-likeness (QED) is 0.693. The highest BCUT2D eigenvalue weighted by molar-refractivity contribution is 5.28. The molecule has 0 saturated carbocycles. The van der Waals surface area contributed by atoms with Crippen LogP contribution in [0.15, 0.2) is 24.3 Å². The Morgan fingerprint density at radius 3 is 2.93 bits per heavy atom. The summed E-state index contributed by atoms with van der Waals surface area (Å²) in [5, 5.41) is 11.8. The van der Waals surface area contributed by atoms with Crippen LogP contribution in [0.4, 0.5) is 0 Å². The molecule has 14 heavy (non-hydrogen) atoms. The van der Waals surface area contributed by atoms with E-state index >= 15 is 0 Å². The van der Waals surface area contributed by atoms with Crippen molar-refractivity contribution in [3.8, 4) is 5.75 Å². The number of aliphatic hydroxyl groups is 1. The summed E-state index contributed by atoms with van der Waals surface area (Å²) in [6.45, 7) is 1.85. The topological polar surface area (TPSA) is 41.5 Å². The summed E-state index contributed by atoms with van der Waals surface area (Å²) in [5.41, 5.74) is 1.21. The Hall–Kier alpha value is -1.06. The van der Waals surface area contributed by atoms with Gasteiger partial charge in [0, 0.05) is 6.04 Å². The zero-order valence-corrected chi connectivity index (χ0v) is 8.66. The van der Waals surface area contributed by atoms with Gasteiger partial charge in [0.1, 0.15) is 5.75 Å². The van der Waals surface area contributed by atoms with E-state index in [1.807, 2.05) is 25.2 Å². The third-order valence-corrected chi connectivity index (χ3v) is 2.16. The zero-order valence-electron chi connectivity index (χ0n) is 8.66. The summed E-state index contributed by atoms with van der Waals surface area (Å²) in [7, 11) is 1.94. The van der Waals surface area contributed by atoms with Gasteiger partial charge in [-0.05, 0) is 38.1 Å². The van der Waals surface area contributed by atoms with E-state index < -0.39 is 0 Å². The number of benzene rings is 1. The zero-order chi connectivity index (χ0) is 10.4. The van der Waals surface area contributed by atoms with E-state index in [-0.39, 0.29) is 6.79 Å².